The maximum Gasteiger partial charge on any atom is 0.236 e. The van der Waals surface area contributed by atoms with E-state index < -0.39 is 0 Å². The maximum absolute atomic E-state index is 12.2. The number of rotatable bonds is 10. The lowest BCUT2D eigenvalue weighted by Crippen LogP contribution is -2.14. The molecule has 2 aromatic heterocycles. The Bertz CT molecular complexity index is 997. The fraction of sp³-hybridized carbons (Fsp3) is 0.350. The lowest BCUT2D eigenvalue weighted by atomic mass is 10.2. The molecule has 0 unspecified atom stereocenters. The van der Waals surface area contributed by atoms with Crippen LogP contribution in [0.4, 0.5) is 5.13 Å². The number of allylic oxidation sites excluding steroid dienone is 1. The fourth-order valence-corrected chi connectivity index (χ4v) is 3.85. The van der Waals surface area contributed by atoms with Crippen LogP contribution < -0.4 is 10.1 Å². The molecule has 30 heavy (non-hydrogen) atoms. The molecule has 1 N–H and O–H groups in total. The van der Waals surface area contributed by atoms with Gasteiger partial charge in [0.2, 0.25) is 11.0 Å². The van der Waals surface area contributed by atoms with Crippen molar-refractivity contribution in [2.45, 2.75) is 32.5 Å². The minimum atomic E-state index is -0.169. The molecular weight excluding hydrogens is 420 g/mol. The zero-order chi connectivity index (χ0) is 21.5. The maximum atomic E-state index is 12.2. The van der Waals surface area contributed by atoms with E-state index in [2.05, 4.69) is 46.1 Å². The van der Waals surface area contributed by atoms with E-state index in [1.54, 1.807) is 6.08 Å². The number of anilines is 1. The highest BCUT2D eigenvalue weighted by molar-refractivity contribution is 7.99. The van der Waals surface area contributed by atoms with Crippen LogP contribution in [0.25, 0.3) is 11.4 Å². The topological polar surface area (TPSA) is 94.8 Å². The van der Waals surface area contributed by atoms with E-state index >= 15 is 0 Å². The van der Waals surface area contributed by atoms with Crippen LogP contribution in [-0.2, 0) is 11.3 Å². The van der Waals surface area contributed by atoms with Crippen molar-refractivity contribution in [1.82, 2.24) is 25.0 Å². The number of nitrogens with one attached hydrogen (secondary N) is 1. The van der Waals surface area contributed by atoms with Gasteiger partial charge >= 0.3 is 0 Å². The summed E-state index contributed by atoms with van der Waals surface area (Å²) in [7, 11) is 0. The first kappa shape index (κ1) is 22.0. The van der Waals surface area contributed by atoms with Crippen LogP contribution in [-0.4, -0.2) is 43.2 Å². The number of ether oxygens (including phenoxy) is 1. The SMILES string of the molecule is C=CCn1c(SCC(=O)Nc2nnc(C)s2)nnc1-c1ccc(OCC(C)C)cc1. The number of carbonyl (C=O) groups is 1. The summed E-state index contributed by atoms with van der Waals surface area (Å²) in [6, 6.07) is 7.76. The van der Waals surface area contributed by atoms with Crippen LogP contribution in [0.1, 0.15) is 18.9 Å². The number of nitrogens with zero attached hydrogens (tertiary/aromatic N) is 5. The molecule has 3 aromatic rings. The van der Waals surface area contributed by atoms with Gasteiger partial charge in [-0.1, -0.05) is 43.0 Å². The van der Waals surface area contributed by atoms with E-state index in [1.807, 2.05) is 35.8 Å². The molecule has 3 rings (SSSR count). The van der Waals surface area contributed by atoms with Crippen molar-refractivity contribution in [2.75, 3.05) is 17.7 Å². The van der Waals surface area contributed by atoms with Gasteiger partial charge in [-0.15, -0.1) is 27.0 Å². The zero-order valence-corrected chi connectivity index (χ0v) is 18.8. The molecule has 10 heteroatoms. The quantitative estimate of drug-likeness (QED) is 0.372. The Morgan fingerprint density at radius 1 is 1.27 bits per heavy atom. The molecule has 0 aliphatic carbocycles. The van der Waals surface area contributed by atoms with E-state index in [0.717, 1.165) is 16.3 Å². The summed E-state index contributed by atoms with van der Waals surface area (Å²) in [5.74, 6) is 2.02. The van der Waals surface area contributed by atoms with Gasteiger partial charge in [-0.05, 0) is 37.1 Å². The van der Waals surface area contributed by atoms with Gasteiger partial charge in [-0.25, -0.2) is 0 Å². The van der Waals surface area contributed by atoms with Gasteiger partial charge in [0.05, 0.1) is 12.4 Å². The van der Waals surface area contributed by atoms with E-state index in [1.165, 1.54) is 23.1 Å². The second-order valence-electron chi connectivity index (χ2n) is 6.90. The summed E-state index contributed by atoms with van der Waals surface area (Å²) in [5, 5.41) is 21.1. The highest BCUT2D eigenvalue weighted by Gasteiger charge is 2.16. The summed E-state index contributed by atoms with van der Waals surface area (Å²) in [6.07, 6.45) is 1.78. The number of thioether (sulfide) groups is 1. The average Bonchev–Trinajstić information content (AvgIpc) is 3.31. The van der Waals surface area contributed by atoms with Gasteiger partial charge in [0.25, 0.3) is 0 Å². The van der Waals surface area contributed by atoms with Crippen LogP contribution in [0.3, 0.4) is 0 Å². The first-order valence-electron chi connectivity index (χ1n) is 9.46. The average molecular weight is 445 g/mol. The number of aryl methyl sites for hydroxylation is 1. The molecule has 1 aromatic carbocycles. The molecule has 2 heterocycles. The number of carbonyl (C=O) groups excluding carboxylic acids is 1. The molecule has 0 aliphatic rings. The van der Waals surface area contributed by atoms with Gasteiger partial charge in [0, 0.05) is 12.1 Å². The smallest absolute Gasteiger partial charge is 0.236 e. The molecule has 1 amide bonds. The molecule has 0 bridgehead atoms. The minimum absolute atomic E-state index is 0.169. The molecule has 0 atom stereocenters. The van der Waals surface area contributed by atoms with Gasteiger partial charge in [0.15, 0.2) is 11.0 Å². The molecule has 0 aliphatic heterocycles. The third kappa shape index (κ3) is 5.90. The Morgan fingerprint density at radius 3 is 2.67 bits per heavy atom. The molecule has 0 radical (unpaired) electrons. The van der Waals surface area contributed by atoms with Crippen LogP contribution in [0.5, 0.6) is 5.75 Å². The first-order valence-corrected chi connectivity index (χ1v) is 11.3. The standard InChI is InChI=1S/C20H24N6O2S2/c1-5-10-26-18(15-6-8-16(9-7-15)28-11-13(2)3)23-25-20(26)29-12-17(27)21-19-24-22-14(4)30-19/h5-9,13H,1,10-12H2,2-4H3,(H,21,24,27). The molecule has 0 fully saturated rings. The van der Waals surface area contributed by atoms with Gasteiger partial charge in [-0.3, -0.25) is 14.7 Å². The summed E-state index contributed by atoms with van der Waals surface area (Å²) in [4.78, 5) is 12.2. The lowest BCUT2D eigenvalue weighted by Gasteiger charge is -2.10. The molecular formula is C20H24N6O2S2. The second-order valence-corrected chi connectivity index (χ2v) is 9.02. The molecule has 0 saturated carbocycles. The van der Waals surface area contributed by atoms with Crippen molar-refractivity contribution in [1.29, 1.82) is 0 Å². The third-order valence-corrected chi connectivity index (χ3v) is 5.55. The summed E-state index contributed by atoms with van der Waals surface area (Å²) >= 11 is 2.65. The number of hydrogen-bond donors (Lipinski definition) is 1. The van der Waals surface area contributed by atoms with Crippen LogP contribution in [0, 0.1) is 12.8 Å². The fourth-order valence-electron chi connectivity index (χ4n) is 2.50. The molecule has 0 spiro atoms. The van der Waals surface area contributed by atoms with Crippen molar-refractivity contribution < 1.29 is 9.53 Å². The highest BCUT2D eigenvalue weighted by Crippen LogP contribution is 2.26. The van der Waals surface area contributed by atoms with E-state index in [-0.39, 0.29) is 11.7 Å². The van der Waals surface area contributed by atoms with Crippen LogP contribution >= 0.6 is 23.1 Å². The Balaban J connectivity index is 1.68. The Hall–Kier alpha value is -2.72. The molecule has 8 nitrogen and oxygen atoms in total. The lowest BCUT2D eigenvalue weighted by molar-refractivity contribution is -0.113. The van der Waals surface area contributed by atoms with Gasteiger partial charge < -0.3 is 4.74 Å². The second kappa shape index (κ2) is 10.4. The normalized spacial score (nSPS) is 10.9. The minimum Gasteiger partial charge on any atom is -0.493 e. The van der Waals surface area contributed by atoms with Crippen molar-refractivity contribution in [3.63, 3.8) is 0 Å². The van der Waals surface area contributed by atoms with Gasteiger partial charge in [0.1, 0.15) is 10.8 Å². The Morgan fingerprint density at radius 2 is 2.03 bits per heavy atom. The highest BCUT2D eigenvalue weighted by atomic mass is 32.2. The number of benzene rings is 1. The molecule has 0 saturated heterocycles. The summed E-state index contributed by atoms with van der Waals surface area (Å²) in [6.45, 7) is 11.1. The molecule has 158 valence electrons. The summed E-state index contributed by atoms with van der Waals surface area (Å²) < 4.78 is 7.67. The largest absolute Gasteiger partial charge is 0.493 e. The van der Waals surface area contributed by atoms with Crippen molar-refractivity contribution in [3.8, 4) is 17.1 Å². The summed E-state index contributed by atoms with van der Waals surface area (Å²) in [5.41, 5.74) is 0.918. The Kier molecular flexibility index (Phi) is 7.58. The zero-order valence-electron chi connectivity index (χ0n) is 17.2. The van der Waals surface area contributed by atoms with Crippen LogP contribution in [0.15, 0.2) is 42.1 Å². The predicted molar refractivity (Wildman–Crippen MR) is 120 cm³/mol. The third-order valence-electron chi connectivity index (χ3n) is 3.83. The van der Waals surface area contributed by atoms with E-state index in [9.17, 15) is 4.79 Å². The predicted octanol–water partition coefficient (Wildman–Crippen LogP) is 4.06. The van der Waals surface area contributed by atoms with Crippen molar-refractivity contribution >= 4 is 34.1 Å². The van der Waals surface area contributed by atoms with Crippen molar-refractivity contribution in [3.05, 3.63) is 41.9 Å². The first-order chi connectivity index (χ1) is 14.5. The van der Waals surface area contributed by atoms with Crippen molar-refractivity contribution in [2.24, 2.45) is 5.92 Å². The number of aromatic nitrogens is 5. The van der Waals surface area contributed by atoms with Crippen LogP contribution in [0.2, 0.25) is 0 Å². The van der Waals surface area contributed by atoms with Gasteiger partial charge in [-0.2, -0.15) is 0 Å². The number of amides is 1. The van der Waals surface area contributed by atoms with E-state index in [4.69, 9.17) is 4.74 Å². The van der Waals surface area contributed by atoms with E-state index in [0.29, 0.717) is 35.2 Å². The Labute approximate surface area is 183 Å². The number of hydrogen-bond acceptors (Lipinski definition) is 8. The monoisotopic (exact) mass is 444 g/mol.